The lowest BCUT2D eigenvalue weighted by molar-refractivity contribution is -0.133. The van der Waals surface area contributed by atoms with E-state index in [0.717, 1.165) is 11.3 Å². The van der Waals surface area contributed by atoms with Crippen molar-refractivity contribution in [3.8, 4) is 5.75 Å². The minimum atomic E-state index is -0.866. The highest BCUT2D eigenvalue weighted by Crippen LogP contribution is 2.21. The van der Waals surface area contributed by atoms with Crippen LogP contribution in [-0.4, -0.2) is 40.2 Å². The van der Waals surface area contributed by atoms with Crippen LogP contribution in [0.5, 0.6) is 5.75 Å². The Morgan fingerprint density at radius 2 is 2.08 bits per heavy atom. The number of hydrogen-bond donors (Lipinski definition) is 2. The zero-order chi connectivity index (χ0) is 18.2. The van der Waals surface area contributed by atoms with Crippen LogP contribution in [0.3, 0.4) is 0 Å². The number of carboxylic acids is 1. The van der Waals surface area contributed by atoms with E-state index in [0.29, 0.717) is 29.4 Å². The number of benzene rings is 1. The van der Waals surface area contributed by atoms with Gasteiger partial charge in [0.2, 0.25) is 0 Å². The van der Waals surface area contributed by atoms with Crippen LogP contribution in [0.25, 0.3) is 0 Å². The minimum Gasteiger partial charge on any atom is -0.488 e. The van der Waals surface area contributed by atoms with Crippen LogP contribution in [0.15, 0.2) is 28.8 Å². The fourth-order valence-electron chi connectivity index (χ4n) is 2.13. The Morgan fingerprint density at radius 3 is 2.76 bits per heavy atom. The Balaban J connectivity index is 1.93. The molecule has 0 aliphatic heterocycles. The van der Waals surface area contributed by atoms with Gasteiger partial charge < -0.3 is 19.7 Å². The number of ether oxygens (including phenoxy) is 1. The number of aliphatic carboxylic acids is 1. The fourth-order valence-corrected chi connectivity index (χ4v) is 2.69. The third kappa shape index (κ3) is 5.53. The van der Waals surface area contributed by atoms with Crippen molar-refractivity contribution in [3.63, 3.8) is 0 Å². The van der Waals surface area contributed by atoms with E-state index in [9.17, 15) is 9.59 Å². The molecule has 0 aliphatic carbocycles. The standard InChI is InChI=1S/C17H20N2O5S/c1-11-14(12(2)24-19-11)9-23-15-6-4-3-5-13(15)17(22)18-7-8-25-10-16(20)21/h3-6H,7-10H2,1-2H3,(H,18,22)(H,20,21). The number of aromatic nitrogens is 1. The van der Waals surface area contributed by atoms with Crippen molar-refractivity contribution in [2.75, 3.05) is 18.1 Å². The Morgan fingerprint density at radius 1 is 1.32 bits per heavy atom. The number of nitrogens with one attached hydrogen (secondary N) is 1. The van der Waals surface area contributed by atoms with Crippen LogP contribution in [0, 0.1) is 13.8 Å². The summed E-state index contributed by atoms with van der Waals surface area (Å²) in [7, 11) is 0. The van der Waals surface area contributed by atoms with Gasteiger partial charge in [-0.05, 0) is 26.0 Å². The fraction of sp³-hybridized carbons (Fsp3) is 0.353. The van der Waals surface area contributed by atoms with Gasteiger partial charge in [-0.25, -0.2) is 0 Å². The second-order valence-electron chi connectivity index (χ2n) is 5.29. The zero-order valence-electron chi connectivity index (χ0n) is 14.1. The number of amides is 1. The monoisotopic (exact) mass is 364 g/mol. The summed E-state index contributed by atoms with van der Waals surface area (Å²) in [5, 5.41) is 15.2. The van der Waals surface area contributed by atoms with Crippen molar-refractivity contribution in [2.24, 2.45) is 0 Å². The number of carboxylic acid groups (broad SMARTS) is 1. The highest BCUT2D eigenvalue weighted by molar-refractivity contribution is 7.99. The molecule has 0 saturated carbocycles. The Labute approximate surface area is 149 Å². The minimum absolute atomic E-state index is 0.0208. The van der Waals surface area contributed by atoms with E-state index >= 15 is 0 Å². The van der Waals surface area contributed by atoms with Crippen LogP contribution in [0.1, 0.15) is 27.4 Å². The third-order valence-electron chi connectivity index (χ3n) is 3.44. The van der Waals surface area contributed by atoms with Gasteiger partial charge in [0.1, 0.15) is 18.1 Å². The van der Waals surface area contributed by atoms with Crippen molar-refractivity contribution >= 4 is 23.6 Å². The normalized spacial score (nSPS) is 10.5. The van der Waals surface area contributed by atoms with Crippen molar-refractivity contribution in [3.05, 3.63) is 46.8 Å². The lowest BCUT2D eigenvalue weighted by atomic mass is 10.2. The largest absolute Gasteiger partial charge is 0.488 e. The Bertz CT molecular complexity index is 725. The Hall–Kier alpha value is -2.48. The lowest BCUT2D eigenvalue weighted by Gasteiger charge is -2.11. The summed E-state index contributed by atoms with van der Waals surface area (Å²) in [5.41, 5.74) is 2.05. The molecule has 2 rings (SSSR count). The number of rotatable bonds is 9. The maximum absolute atomic E-state index is 12.3. The highest BCUT2D eigenvalue weighted by Gasteiger charge is 2.14. The molecule has 2 aromatic rings. The molecule has 2 N–H and O–H groups in total. The molecule has 1 heterocycles. The number of nitrogens with zero attached hydrogens (tertiary/aromatic N) is 1. The number of hydrogen-bond acceptors (Lipinski definition) is 6. The molecule has 7 nitrogen and oxygen atoms in total. The molecule has 134 valence electrons. The van der Waals surface area contributed by atoms with E-state index < -0.39 is 5.97 Å². The first-order valence-corrected chi connectivity index (χ1v) is 8.86. The van der Waals surface area contributed by atoms with Crippen molar-refractivity contribution in [1.82, 2.24) is 10.5 Å². The maximum Gasteiger partial charge on any atom is 0.313 e. The van der Waals surface area contributed by atoms with E-state index in [1.54, 1.807) is 24.3 Å². The summed E-state index contributed by atoms with van der Waals surface area (Å²) in [6.07, 6.45) is 0. The maximum atomic E-state index is 12.3. The number of thioether (sulfide) groups is 1. The van der Waals surface area contributed by atoms with Gasteiger partial charge in [-0.2, -0.15) is 0 Å². The van der Waals surface area contributed by atoms with Crippen LogP contribution in [0.2, 0.25) is 0 Å². The first kappa shape index (κ1) is 18.9. The van der Waals surface area contributed by atoms with E-state index in [4.69, 9.17) is 14.4 Å². The average Bonchev–Trinajstić information content (AvgIpc) is 2.90. The van der Waals surface area contributed by atoms with Gasteiger partial charge in [-0.15, -0.1) is 11.8 Å². The third-order valence-corrected chi connectivity index (χ3v) is 4.39. The summed E-state index contributed by atoms with van der Waals surface area (Å²) in [6.45, 7) is 4.30. The smallest absolute Gasteiger partial charge is 0.313 e. The number of aryl methyl sites for hydroxylation is 2. The van der Waals surface area contributed by atoms with Crippen LogP contribution < -0.4 is 10.1 Å². The van der Waals surface area contributed by atoms with Crippen molar-refractivity contribution in [2.45, 2.75) is 20.5 Å². The number of carbonyl (C=O) groups excluding carboxylic acids is 1. The van der Waals surface area contributed by atoms with E-state index in [-0.39, 0.29) is 18.3 Å². The predicted molar refractivity (Wildman–Crippen MR) is 94.0 cm³/mol. The van der Waals surface area contributed by atoms with Gasteiger partial charge in [0.05, 0.1) is 22.6 Å². The van der Waals surface area contributed by atoms with E-state index in [2.05, 4.69) is 10.5 Å². The molecule has 0 radical (unpaired) electrons. The topological polar surface area (TPSA) is 102 Å². The first-order chi connectivity index (χ1) is 12.0. The molecule has 1 aromatic carbocycles. The zero-order valence-corrected chi connectivity index (χ0v) is 14.9. The van der Waals surface area contributed by atoms with Gasteiger partial charge >= 0.3 is 5.97 Å². The molecule has 1 aromatic heterocycles. The summed E-state index contributed by atoms with van der Waals surface area (Å²) >= 11 is 1.25. The molecule has 8 heteroatoms. The molecule has 0 fully saturated rings. The van der Waals surface area contributed by atoms with Crippen molar-refractivity contribution < 1.29 is 24.0 Å². The second-order valence-corrected chi connectivity index (χ2v) is 6.39. The molecule has 0 bridgehead atoms. The molecular weight excluding hydrogens is 344 g/mol. The van der Waals surface area contributed by atoms with Crippen LogP contribution >= 0.6 is 11.8 Å². The summed E-state index contributed by atoms with van der Waals surface area (Å²) in [4.78, 5) is 22.8. The van der Waals surface area contributed by atoms with Gasteiger partial charge in [-0.1, -0.05) is 17.3 Å². The molecule has 0 saturated heterocycles. The number of para-hydroxylation sites is 1. The van der Waals surface area contributed by atoms with Gasteiger partial charge in [0.25, 0.3) is 5.91 Å². The molecule has 25 heavy (non-hydrogen) atoms. The van der Waals surface area contributed by atoms with Gasteiger partial charge in [0, 0.05) is 12.3 Å². The summed E-state index contributed by atoms with van der Waals surface area (Å²) in [6, 6.07) is 6.97. The second kappa shape index (κ2) is 9.12. The van der Waals surface area contributed by atoms with Gasteiger partial charge in [0.15, 0.2) is 0 Å². The molecule has 0 aliphatic rings. The molecule has 0 unspecified atom stereocenters. The summed E-state index contributed by atoms with van der Waals surface area (Å²) < 4.78 is 10.9. The molecule has 1 amide bonds. The summed E-state index contributed by atoms with van der Waals surface area (Å²) in [5.74, 6) is 0.584. The predicted octanol–water partition coefficient (Wildman–Crippen LogP) is 2.42. The Kier molecular flexibility index (Phi) is 6.88. The van der Waals surface area contributed by atoms with E-state index in [1.807, 2.05) is 13.8 Å². The highest BCUT2D eigenvalue weighted by atomic mass is 32.2. The van der Waals surface area contributed by atoms with E-state index in [1.165, 1.54) is 11.8 Å². The van der Waals surface area contributed by atoms with Crippen LogP contribution in [0.4, 0.5) is 0 Å². The molecule has 0 spiro atoms. The lowest BCUT2D eigenvalue weighted by Crippen LogP contribution is -2.26. The van der Waals surface area contributed by atoms with Gasteiger partial charge in [-0.3, -0.25) is 9.59 Å². The first-order valence-electron chi connectivity index (χ1n) is 7.70. The SMILES string of the molecule is Cc1noc(C)c1COc1ccccc1C(=O)NCCSCC(=O)O. The molecule has 0 atom stereocenters. The quantitative estimate of drug-likeness (QED) is 0.659. The van der Waals surface area contributed by atoms with Crippen LogP contribution in [-0.2, 0) is 11.4 Å². The molecular formula is C17H20N2O5S. The number of carbonyl (C=O) groups is 2. The van der Waals surface area contributed by atoms with Crippen molar-refractivity contribution in [1.29, 1.82) is 0 Å². The average molecular weight is 364 g/mol.